The quantitative estimate of drug-likeness (QED) is 0.678. The van der Waals surface area contributed by atoms with Gasteiger partial charge in [0.15, 0.2) is 0 Å². The van der Waals surface area contributed by atoms with Crippen molar-refractivity contribution in [3.63, 3.8) is 0 Å². The van der Waals surface area contributed by atoms with Gasteiger partial charge in [-0.15, -0.1) is 11.3 Å². The molecule has 0 amide bonds. The molecule has 2 N–H and O–H groups in total. The summed E-state index contributed by atoms with van der Waals surface area (Å²) in [6.07, 6.45) is -2.75. The van der Waals surface area contributed by atoms with Gasteiger partial charge < -0.3 is 19.7 Å². The van der Waals surface area contributed by atoms with Crippen LogP contribution < -0.4 is 0 Å². The predicted molar refractivity (Wildman–Crippen MR) is 100 cm³/mol. The van der Waals surface area contributed by atoms with E-state index in [1.165, 1.54) is 10.8 Å². The van der Waals surface area contributed by atoms with Crippen LogP contribution in [0.25, 0.3) is 10.1 Å². The molecule has 3 heterocycles. The molecule has 6 heteroatoms. The number of ether oxygens (including phenoxy) is 2. The lowest BCUT2D eigenvalue weighted by atomic mass is 9.93. The van der Waals surface area contributed by atoms with Crippen molar-refractivity contribution in [1.82, 2.24) is 0 Å². The summed E-state index contributed by atoms with van der Waals surface area (Å²) in [4.78, 5) is 1.08. The summed E-state index contributed by atoms with van der Waals surface area (Å²) >= 11 is 1.65. The van der Waals surface area contributed by atoms with Crippen LogP contribution in [0.1, 0.15) is 22.9 Å². The Morgan fingerprint density at radius 1 is 1.07 bits per heavy atom. The van der Waals surface area contributed by atoms with Gasteiger partial charge in [-0.05, 0) is 42.1 Å². The summed E-state index contributed by atoms with van der Waals surface area (Å²) in [6, 6.07) is 15.0. The third-order valence-corrected chi connectivity index (χ3v) is 6.53. The number of hydrogen-bond donors (Lipinski definition) is 2. The van der Waals surface area contributed by atoms with E-state index in [1.807, 2.05) is 18.2 Å². The van der Waals surface area contributed by atoms with Gasteiger partial charge in [-0.1, -0.05) is 24.3 Å². The van der Waals surface area contributed by atoms with Crippen LogP contribution in [0.15, 0.2) is 48.5 Å². The maximum absolute atomic E-state index is 14.5. The zero-order valence-electron chi connectivity index (χ0n) is 14.6. The van der Waals surface area contributed by atoms with Gasteiger partial charge in [0, 0.05) is 21.6 Å². The molecule has 2 aliphatic rings. The first kappa shape index (κ1) is 17.3. The zero-order chi connectivity index (χ0) is 18.8. The number of fused-ring (bicyclic) bond motifs is 2. The van der Waals surface area contributed by atoms with Crippen molar-refractivity contribution in [2.45, 2.75) is 43.5 Å². The van der Waals surface area contributed by atoms with Crippen LogP contribution in [0, 0.1) is 5.82 Å². The Bertz CT molecular complexity index is 985. The van der Waals surface area contributed by atoms with Crippen molar-refractivity contribution in [2.75, 3.05) is 0 Å². The second-order valence-electron chi connectivity index (χ2n) is 7.24. The molecule has 2 saturated heterocycles. The van der Waals surface area contributed by atoms with E-state index in [-0.39, 0.29) is 5.82 Å². The SMILES string of the molecule is CC1OC2(c3ccc(F)c(Cc4cc5ccccc5s4)c3)OC2C(O)C1O. The summed E-state index contributed by atoms with van der Waals surface area (Å²) in [5, 5.41) is 21.3. The van der Waals surface area contributed by atoms with Crippen molar-refractivity contribution >= 4 is 21.4 Å². The number of aliphatic hydroxyl groups excluding tert-OH is 2. The van der Waals surface area contributed by atoms with E-state index in [9.17, 15) is 14.6 Å². The van der Waals surface area contributed by atoms with E-state index >= 15 is 0 Å². The second kappa shape index (κ2) is 6.09. The summed E-state index contributed by atoms with van der Waals surface area (Å²) in [7, 11) is 0. The van der Waals surface area contributed by atoms with Gasteiger partial charge in [-0.3, -0.25) is 0 Å². The van der Waals surface area contributed by atoms with Gasteiger partial charge in [0.1, 0.15) is 24.1 Å². The molecule has 5 unspecified atom stereocenters. The molecule has 2 aromatic carbocycles. The maximum Gasteiger partial charge on any atom is 0.225 e. The average molecular weight is 386 g/mol. The second-order valence-corrected chi connectivity index (χ2v) is 8.41. The molecule has 5 rings (SSSR count). The number of rotatable bonds is 3. The summed E-state index contributed by atoms with van der Waals surface area (Å²) in [5.74, 6) is -1.38. The summed E-state index contributed by atoms with van der Waals surface area (Å²) < 4.78 is 27.1. The minimum atomic E-state index is -1.10. The molecular weight excluding hydrogens is 367 g/mol. The molecule has 0 radical (unpaired) electrons. The lowest BCUT2D eigenvalue weighted by molar-refractivity contribution is -0.169. The largest absolute Gasteiger partial charge is 0.388 e. The minimum absolute atomic E-state index is 0.283. The number of thiophene rings is 1. The monoisotopic (exact) mass is 386 g/mol. The Labute approximate surface area is 159 Å². The van der Waals surface area contributed by atoms with Crippen LogP contribution in [0.5, 0.6) is 0 Å². The molecule has 140 valence electrons. The Morgan fingerprint density at radius 3 is 2.70 bits per heavy atom. The Morgan fingerprint density at radius 2 is 1.89 bits per heavy atom. The molecule has 27 heavy (non-hydrogen) atoms. The highest BCUT2D eigenvalue weighted by Gasteiger charge is 2.68. The third kappa shape index (κ3) is 2.71. The van der Waals surface area contributed by atoms with Crippen molar-refractivity contribution in [3.05, 3.63) is 70.4 Å². The standard InChI is InChI=1S/C21H19FO4S/c1-11-18(23)19(24)20-21(25-11,26-20)14-6-7-16(22)13(8-14)10-15-9-12-4-2-3-5-17(12)27-15/h2-9,11,18-20,23-24H,10H2,1H3. The smallest absolute Gasteiger partial charge is 0.225 e. The van der Waals surface area contributed by atoms with E-state index in [4.69, 9.17) is 9.47 Å². The molecule has 3 aromatic rings. The van der Waals surface area contributed by atoms with Gasteiger partial charge in [0.25, 0.3) is 0 Å². The Hall–Kier alpha value is -1.83. The fourth-order valence-corrected chi connectivity index (χ4v) is 4.97. The fourth-order valence-electron chi connectivity index (χ4n) is 3.89. The lowest BCUT2D eigenvalue weighted by Gasteiger charge is -2.31. The average Bonchev–Trinajstić information content (AvgIpc) is 3.25. The van der Waals surface area contributed by atoms with Crippen molar-refractivity contribution in [2.24, 2.45) is 0 Å². The maximum atomic E-state index is 14.5. The van der Waals surface area contributed by atoms with E-state index in [1.54, 1.807) is 30.4 Å². The number of aliphatic hydroxyl groups is 2. The van der Waals surface area contributed by atoms with Crippen molar-refractivity contribution < 1.29 is 24.1 Å². The van der Waals surface area contributed by atoms with Crippen LogP contribution in [-0.2, 0) is 21.7 Å². The molecule has 5 atom stereocenters. The Kier molecular flexibility index (Phi) is 3.90. The van der Waals surface area contributed by atoms with Crippen LogP contribution >= 0.6 is 11.3 Å². The molecule has 4 nitrogen and oxygen atoms in total. The molecular formula is C21H19FO4S. The van der Waals surface area contributed by atoms with E-state index in [0.717, 1.165) is 10.3 Å². The van der Waals surface area contributed by atoms with Gasteiger partial charge in [-0.2, -0.15) is 0 Å². The van der Waals surface area contributed by atoms with Crippen molar-refractivity contribution in [3.8, 4) is 0 Å². The molecule has 2 fully saturated rings. The lowest BCUT2D eigenvalue weighted by Crippen LogP contribution is -2.49. The normalized spacial score (nSPS) is 32.4. The molecule has 1 aromatic heterocycles. The predicted octanol–water partition coefficient (Wildman–Crippen LogP) is 3.32. The van der Waals surface area contributed by atoms with Crippen molar-refractivity contribution in [1.29, 1.82) is 0 Å². The highest BCUT2D eigenvalue weighted by molar-refractivity contribution is 7.19. The van der Waals surface area contributed by atoms with Gasteiger partial charge >= 0.3 is 0 Å². The van der Waals surface area contributed by atoms with Gasteiger partial charge in [0.2, 0.25) is 5.79 Å². The van der Waals surface area contributed by atoms with Crippen LogP contribution in [-0.4, -0.2) is 34.6 Å². The number of benzene rings is 2. The van der Waals surface area contributed by atoms with Gasteiger partial charge in [0.05, 0.1) is 6.10 Å². The number of epoxide rings is 1. The number of halogens is 1. The molecule has 0 spiro atoms. The fraction of sp³-hybridized carbons (Fsp3) is 0.333. The summed E-state index contributed by atoms with van der Waals surface area (Å²) in [5.41, 5.74) is 1.22. The zero-order valence-corrected chi connectivity index (χ0v) is 15.4. The first-order valence-corrected chi connectivity index (χ1v) is 9.78. The molecule has 0 saturated carbocycles. The van der Waals surface area contributed by atoms with E-state index in [0.29, 0.717) is 17.5 Å². The summed E-state index contributed by atoms with van der Waals surface area (Å²) in [6.45, 7) is 1.69. The number of hydrogen-bond acceptors (Lipinski definition) is 5. The van der Waals surface area contributed by atoms with Crippen LogP contribution in [0.3, 0.4) is 0 Å². The minimum Gasteiger partial charge on any atom is -0.388 e. The highest BCUT2D eigenvalue weighted by atomic mass is 32.1. The van der Waals surface area contributed by atoms with E-state index in [2.05, 4.69) is 12.1 Å². The van der Waals surface area contributed by atoms with Crippen LogP contribution in [0.4, 0.5) is 4.39 Å². The van der Waals surface area contributed by atoms with Gasteiger partial charge in [-0.25, -0.2) is 4.39 Å². The molecule has 0 bridgehead atoms. The molecule has 2 aliphatic heterocycles. The van der Waals surface area contributed by atoms with E-state index < -0.39 is 30.2 Å². The first-order valence-electron chi connectivity index (χ1n) is 8.96. The highest BCUT2D eigenvalue weighted by Crippen LogP contribution is 2.54. The Balaban J connectivity index is 1.47. The molecule has 0 aliphatic carbocycles. The topological polar surface area (TPSA) is 62.2 Å². The third-order valence-electron chi connectivity index (χ3n) is 5.41. The first-order chi connectivity index (χ1) is 13.0. The van der Waals surface area contributed by atoms with Crippen LogP contribution in [0.2, 0.25) is 0 Å².